The Kier molecular flexibility index (Phi) is 4.73. The molecule has 3 heteroatoms. The number of hydrogen-bond acceptors (Lipinski definition) is 2. The third-order valence-corrected chi connectivity index (χ3v) is 8.78. The molecule has 5 aliphatic rings. The summed E-state index contributed by atoms with van der Waals surface area (Å²) in [6, 6.07) is 27.9. The summed E-state index contributed by atoms with van der Waals surface area (Å²) in [5.74, 6) is 1.20. The van der Waals surface area contributed by atoms with Crippen LogP contribution < -0.4 is 0 Å². The number of allylic oxidation sites excluding steroid dienone is 12. The van der Waals surface area contributed by atoms with Gasteiger partial charge >= 0.3 is 0 Å². The van der Waals surface area contributed by atoms with Crippen LogP contribution in [0.3, 0.4) is 0 Å². The smallest absolute Gasteiger partial charge is 0.145 e. The largest absolute Gasteiger partial charge is 0.292 e. The molecule has 0 amide bonds. The lowest BCUT2D eigenvalue weighted by molar-refractivity contribution is 0.786. The first-order valence-corrected chi connectivity index (χ1v) is 14.2. The third kappa shape index (κ3) is 3.33. The Bertz CT molecular complexity index is 2070. The van der Waals surface area contributed by atoms with E-state index in [1.807, 2.05) is 18.4 Å². The predicted molar refractivity (Wildman–Crippen MR) is 168 cm³/mol. The molecule has 3 aromatic carbocycles. The molecule has 0 spiro atoms. The second-order valence-electron chi connectivity index (χ2n) is 11.0. The molecule has 0 bridgehead atoms. The monoisotopic (exact) mass is 523 g/mol. The predicted octanol–water partition coefficient (Wildman–Crippen LogP) is 8.31. The highest BCUT2D eigenvalue weighted by molar-refractivity contribution is 5.88. The SMILES string of the molecule is C1=CC2=CC3=C4C(=CC=C5C=CC(c6ccc(-c7nc8ccccc8n7-c7ccccc7)cc6)=C(C=C3)C54)C2N=C1. The molecule has 4 aliphatic carbocycles. The normalized spacial score (nSPS) is 21.5. The summed E-state index contributed by atoms with van der Waals surface area (Å²) in [4.78, 5) is 9.89. The molecule has 0 radical (unpaired) electrons. The van der Waals surface area contributed by atoms with Gasteiger partial charge < -0.3 is 0 Å². The number of aromatic nitrogens is 2. The van der Waals surface area contributed by atoms with E-state index in [2.05, 4.69) is 126 Å². The molecule has 3 nitrogen and oxygen atoms in total. The number of hydrogen-bond donors (Lipinski definition) is 0. The topological polar surface area (TPSA) is 30.2 Å². The quantitative estimate of drug-likeness (QED) is 0.266. The second-order valence-corrected chi connectivity index (χ2v) is 11.0. The van der Waals surface area contributed by atoms with Crippen molar-refractivity contribution in [3.8, 4) is 17.1 Å². The minimum Gasteiger partial charge on any atom is -0.292 e. The van der Waals surface area contributed by atoms with Crippen molar-refractivity contribution < 1.29 is 0 Å². The van der Waals surface area contributed by atoms with Gasteiger partial charge in [0.15, 0.2) is 0 Å². The minimum atomic E-state index is 0.0989. The fourth-order valence-corrected chi connectivity index (χ4v) is 6.93. The van der Waals surface area contributed by atoms with Crippen LogP contribution in [0, 0.1) is 5.92 Å². The van der Waals surface area contributed by atoms with Gasteiger partial charge in [-0.1, -0.05) is 97.1 Å². The van der Waals surface area contributed by atoms with Gasteiger partial charge in [0.2, 0.25) is 0 Å². The van der Waals surface area contributed by atoms with Crippen LogP contribution in [0.15, 0.2) is 172 Å². The van der Waals surface area contributed by atoms with E-state index in [1.165, 1.54) is 44.6 Å². The van der Waals surface area contributed by atoms with Crippen molar-refractivity contribution >= 4 is 22.8 Å². The van der Waals surface area contributed by atoms with Gasteiger partial charge in [-0.25, -0.2) is 4.98 Å². The summed E-state index contributed by atoms with van der Waals surface area (Å²) < 4.78 is 2.26. The molecule has 192 valence electrons. The summed E-state index contributed by atoms with van der Waals surface area (Å²) in [5.41, 5.74) is 14.9. The maximum Gasteiger partial charge on any atom is 0.145 e. The number of imidazole rings is 1. The van der Waals surface area contributed by atoms with E-state index in [4.69, 9.17) is 9.98 Å². The van der Waals surface area contributed by atoms with E-state index in [9.17, 15) is 0 Å². The summed E-state index contributed by atoms with van der Waals surface area (Å²) >= 11 is 0. The Hall–Kier alpha value is -5.28. The Labute approximate surface area is 238 Å². The van der Waals surface area contributed by atoms with Crippen molar-refractivity contribution in [1.82, 2.24) is 9.55 Å². The molecular formula is C38H25N3. The second kappa shape index (κ2) is 8.61. The van der Waals surface area contributed by atoms with Crippen molar-refractivity contribution in [2.75, 3.05) is 0 Å². The van der Waals surface area contributed by atoms with Gasteiger partial charge in [0.05, 0.1) is 11.0 Å². The molecular weight excluding hydrogens is 498 g/mol. The zero-order chi connectivity index (χ0) is 26.9. The van der Waals surface area contributed by atoms with Crippen LogP contribution in [0.25, 0.3) is 33.7 Å². The van der Waals surface area contributed by atoms with Crippen LogP contribution >= 0.6 is 0 Å². The van der Waals surface area contributed by atoms with E-state index >= 15 is 0 Å². The highest BCUT2D eigenvalue weighted by Gasteiger charge is 2.38. The molecule has 9 rings (SSSR count). The van der Waals surface area contributed by atoms with Crippen LogP contribution in [-0.4, -0.2) is 21.8 Å². The number of dihydropyridines is 1. The third-order valence-electron chi connectivity index (χ3n) is 8.78. The number of fused-ring (bicyclic) bond motifs is 3. The summed E-state index contributed by atoms with van der Waals surface area (Å²) in [6.07, 6.45) is 22.3. The minimum absolute atomic E-state index is 0.0989. The number of rotatable bonds is 3. The molecule has 41 heavy (non-hydrogen) atoms. The molecule has 0 fully saturated rings. The first-order valence-electron chi connectivity index (χ1n) is 14.2. The Balaban J connectivity index is 1.14. The van der Waals surface area contributed by atoms with E-state index in [1.54, 1.807) is 0 Å². The highest BCUT2D eigenvalue weighted by atomic mass is 15.1. The molecule has 0 saturated carbocycles. The van der Waals surface area contributed by atoms with Crippen molar-refractivity contribution in [2.45, 2.75) is 6.04 Å². The maximum atomic E-state index is 5.06. The lowest BCUT2D eigenvalue weighted by Crippen LogP contribution is -2.29. The lowest BCUT2D eigenvalue weighted by Gasteiger charge is -2.39. The number of nitrogens with zero attached hydrogens (tertiary/aromatic N) is 3. The van der Waals surface area contributed by atoms with Crippen LogP contribution in [0.5, 0.6) is 0 Å². The van der Waals surface area contributed by atoms with E-state index in [-0.39, 0.29) is 12.0 Å². The molecule has 2 atom stereocenters. The summed E-state index contributed by atoms with van der Waals surface area (Å²) in [6.45, 7) is 0. The van der Waals surface area contributed by atoms with Gasteiger partial charge in [0, 0.05) is 23.4 Å². The van der Waals surface area contributed by atoms with Gasteiger partial charge in [-0.3, -0.25) is 9.56 Å². The van der Waals surface area contributed by atoms with E-state index in [0.717, 1.165) is 28.1 Å². The Morgan fingerprint density at radius 3 is 2.41 bits per heavy atom. The van der Waals surface area contributed by atoms with Crippen LogP contribution in [0.2, 0.25) is 0 Å². The van der Waals surface area contributed by atoms with Crippen LogP contribution in [-0.2, 0) is 0 Å². The maximum absolute atomic E-state index is 5.06. The molecule has 2 unspecified atom stereocenters. The van der Waals surface area contributed by atoms with Gasteiger partial charge in [-0.2, -0.15) is 0 Å². The number of para-hydroxylation sites is 3. The fourth-order valence-electron chi connectivity index (χ4n) is 6.93. The molecule has 2 heterocycles. The fraction of sp³-hybridized carbons (Fsp3) is 0.0526. The number of aliphatic imine (C=N–C) groups is 1. The van der Waals surface area contributed by atoms with Gasteiger partial charge in [0.1, 0.15) is 11.9 Å². The van der Waals surface area contributed by atoms with E-state index in [0.29, 0.717) is 0 Å². The standard InChI is InChI=1S/C38H25N3/c1-2-8-29(9-3-1)41-34-11-5-4-10-33(34)40-38(41)26-14-12-24(13-15-26)30-19-16-25-17-21-32-36-27(18-20-31(30)35(25)36)23-28-7-6-22-39-37(28)32/h1-23,35,37H. The van der Waals surface area contributed by atoms with Crippen molar-refractivity contribution in [3.63, 3.8) is 0 Å². The van der Waals surface area contributed by atoms with Gasteiger partial charge in [-0.15, -0.1) is 0 Å². The van der Waals surface area contributed by atoms with Crippen molar-refractivity contribution in [1.29, 1.82) is 0 Å². The van der Waals surface area contributed by atoms with Gasteiger partial charge in [-0.05, 0) is 81.0 Å². The lowest BCUT2D eigenvalue weighted by atomic mass is 9.65. The molecule has 0 N–H and O–H groups in total. The van der Waals surface area contributed by atoms with Gasteiger partial charge in [0.25, 0.3) is 0 Å². The molecule has 1 aliphatic heterocycles. The summed E-state index contributed by atoms with van der Waals surface area (Å²) in [5, 5.41) is 0. The average molecular weight is 524 g/mol. The van der Waals surface area contributed by atoms with Crippen LogP contribution in [0.4, 0.5) is 0 Å². The van der Waals surface area contributed by atoms with Crippen LogP contribution in [0.1, 0.15) is 5.56 Å². The Morgan fingerprint density at radius 1 is 0.683 bits per heavy atom. The summed E-state index contributed by atoms with van der Waals surface area (Å²) in [7, 11) is 0. The van der Waals surface area contributed by atoms with Crippen molar-refractivity contribution in [2.24, 2.45) is 10.9 Å². The molecule has 0 saturated heterocycles. The first-order chi connectivity index (χ1) is 20.3. The molecule has 1 aromatic heterocycles. The number of benzene rings is 3. The molecule has 4 aromatic rings. The average Bonchev–Trinajstić information content (AvgIpc) is 3.43. The highest BCUT2D eigenvalue weighted by Crippen LogP contribution is 2.51. The zero-order valence-corrected chi connectivity index (χ0v) is 22.3. The van der Waals surface area contributed by atoms with E-state index < -0.39 is 0 Å². The zero-order valence-electron chi connectivity index (χ0n) is 22.3. The van der Waals surface area contributed by atoms with Crippen molar-refractivity contribution in [3.05, 3.63) is 173 Å². The first kappa shape index (κ1) is 22.5. The Morgan fingerprint density at radius 2 is 1.51 bits per heavy atom.